The summed E-state index contributed by atoms with van der Waals surface area (Å²) in [5.74, 6) is 0.246. The van der Waals surface area contributed by atoms with Gasteiger partial charge in [-0.3, -0.25) is 4.79 Å². The van der Waals surface area contributed by atoms with Crippen LogP contribution < -0.4 is 10.2 Å². The second-order valence-corrected chi connectivity index (χ2v) is 4.70. The van der Waals surface area contributed by atoms with E-state index in [0.29, 0.717) is 0 Å². The summed E-state index contributed by atoms with van der Waals surface area (Å²) in [6.07, 6.45) is 2.57. The predicted molar refractivity (Wildman–Crippen MR) is 70.6 cm³/mol. The van der Waals surface area contributed by atoms with Gasteiger partial charge in [0.2, 0.25) is 5.91 Å². The predicted octanol–water partition coefficient (Wildman–Crippen LogP) is 2.01. The van der Waals surface area contributed by atoms with Gasteiger partial charge in [0.05, 0.1) is 11.6 Å². The first-order valence-electron chi connectivity index (χ1n) is 6.22. The molecule has 2 aromatic rings. The summed E-state index contributed by atoms with van der Waals surface area (Å²) in [5.41, 5.74) is 1.67. The van der Waals surface area contributed by atoms with E-state index in [2.05, 4.69) is 5.32 Å². The maximum Gasteiger partial charge on any atom is 0.231 e. The Bertz CT molecular complexity index is 570. The standard InChI is InChI=1S/C14H16N2O2/c1-16(14(17)10-6-7-15-8-10)12-9-18-13-5-3-2-4-11(12)13/h2-5,9-10,15H,6-8H2,1H3. The first-order chi connectivity index (χ1) is 8.77. The molecule has 2 heterocycles. The topological polar surface area (TPSA) is 45.5 Å². The zero-order valence-corrected chi connectivity index (χ0v) is 10.3. The molecule has 1 aromatic carbocycles. The molecule has 0 bridgehead atoms. The van der Waals surface area contributed by atoms with Crippen LogP contribution in [0, 0.1) is 5.92 Å². The van der Waals surface area contributed by atoms with Gasteiger partial charge < -0.3 is 14.6 Å². The lowest BCUT2D eigenvalue weighted by Crippen LogP contribution is -2.33. The average molecular weight is 244 g/mol. The van der Waals surface area contributed by atoms with E-state index in [9.17, 15) is 4.79 Å². The minimum absolute atomic E-state index is 0.0867. The van der Waals surface area contributed by atoms with Crippen LogP contribution in [0.3, 0.4) is 0 Å². The van der Waals surface area contributed by atoms with Crippen molar-refractivity contribution < 1.29 is 9.21 Å². The molecule has 4 heteroatoms. The van der Waals surface area contributed by atoms with Crippen LogP contribution in [0.5, 0.6) is 0 Å². The molecule has 1 amide bonds. The maximum absolute atomic E-state index is 12.3. The third-order valence-corrected chi connectivity index (χ3v) is 3.56. The fourth-order valence-electron chi connectivity index (χ4n) is 2.48. The van der Waals surface area contributed by atoms with Crippen molar-refractivity contribution in [1.82, 2.24) is 5.32 Å². The van der Waals surface area contributed by atoms with E-state index in [0.717, 1.165) is 36.2 Å². The van der Waals surface area contributed by atoms with Gasteiger partial charge in [0.25, 0.3) is 0 Å². The zero-order chi connectivity index (χ0) is 12.5. The molecule has 1 unspecified atom stereocenters. The Balaban J connectivity index is 1.91. The van der Waals surface area contributed by atoms with E-state index in [1.165, 1.54) is 0 Å². The summed E-state index contributed by atoms with van der Waals surface area (Å²) in [4.78, 5) is 14.0. The molecule has 1 saturated heterocycles. The second kappa shape index (κ2) is 4.46. The number of carbonyl (C=O) groups excluding carboxylic acids is 1. The van der Waals surface area contributed by atoms with Crippen LogP contribution in [-0.2, 0) is 4.79 Å². The highest BCUT2D eigenvalue weighted by molar-refractivity contribution is 6.03. The van der Waals surface area contributed by atoms with E-state index in [1.807, 2.05) is 31.3 Å². The van der Waals surface area contributed by atoms with Gasteiger partial charge in [0.1, 0.15) is 11.8 Å². The maximum atomic E-state index is 12.3. The SMILES string of the molecule is CN(C(=O)C1CCNC1)c1coc2ccccc12. The summed E-state index contributed by atoms with van der Waals surface area (Å²) in [6, 6.07) is 7.77. The molecule has 1 fully saturated rings. The lowest BCUT2D eigenvalue weighted by molar-refractivity contribution is -0.121. The molecule has 0 aliphatic carbocycles. The first kappa shape index (κ1) is 11.3. The first-order valence-corrected chi connectivity index (χ1v) is 6.22. The number of carbonyl (C=O) groups is 1. The van der Waals surface area contributed by atoms with Crippen LogP contribution in [0.25, 0.3) is 11.0 Å². The number of fused-ring (bicyclic) bond motifs is 1. The summed E-state index contributed by atoms with van der Waals surface area (Å²) >= 11 is 0. The molecule has 3 rings (SSSR count). The van der Waals surface area contributed by atoms with Crippen molar-refractivity contribution >= 4 is 22.6 Å². The summed E-state index contributed by atoms with van der Waals surface area (Å²) in [5, 5.41) is 4.21. The molecule has 1 atom stereocenters. The molecule has 18 heavy (non-hydrogen) atoms. The Morgan fingerprint density at radius 2 is 2.28 bits per heavy atom. The molecular formula is C14H16N2O2. The van der Waals surface area contributed by atoms with Crippen molar-refractivity contribution in [2.45, 2.75) is 6.42 Å². The molecule has 0 spiro atoms. The zero-order valence-electron chi connectivity index (χ0n) is 10.3. The highest BCUT2D eigenvalue weighted by atomic mass is 16.3. The quantitative estimate of drug-likeness (QED) is 0.879. The Labute approximate surface area is 106 Å². The van der Waals surface area contributed by atoms with E-state index in [-0.39, 0.29) is 11.8 Å². The van der Waals surface area contributed by atoms with Crippen molar-refractivity contribution in [3.63, 3.8) is 0 Å². The van der Waals surface area contributed by atoms with Crippen LogP contribution in [0.1, 0.15) is 6.42 Å². The van der Waals surface area contributed by atoms with Crippen molar-refractivity contribution in [1.29, 1.82) is 0 Å². The van der Waals surface area contributed by atoms with Crippen molar-refractivity contribution in [3.05, 3.63) is 30.5 Å². The van der Waals surface area contributed by atoms with Crippen LogP contribution >= 0.6 is 0 Å². The highest BCUT2D eigenvalue weighted by Crippen LogP contribution is 2.29. The van der Waals surface area contributed by atoms with Crippen LogP contribution in [0.2, 0.25) is 0 Å². The second-order valence-electron chi connectivity index (χ2n) is 4.70. The van der Waals surface area contributed by atoms with Gasteiger partial charge in [-0.2, -0.15) is 0 Å². The third kappa shape index (κ3) is 1.78. The summed E-state index contributed by atoms with van der Waals surface area (Å²) < 4.78 is 5.47. The Morgan fingerprint density at radius 3 is 3.06 bits per heavy atom. The molecule has 1 aliphatic rings. The van der Waals surface area contributed by atoms with Gasteiger partial charge in [0.15, 0.2) is 0 Å². The van der Waals surface area contributed by atoms with Crippen LogP contribution in [-0.4, -0.2) is 26.0 Å². The number of nitrogens with zero attached hydrogens (tertiary/aromatic N) is 1. The van der Waals surface area contributed by atoms with Gasteiger partial charge in [-0.1, -0.05) is 12.1 Å². The molecule has 94 valence electrons. The van der Waals surface area contributed by atoms with Crippen molar-refractivity contribution in [2.24, 2.45) is 5.92 Å². The molecule has 0 radical (unpaired) electrons. The Hall–Kier alpha value is -1.81. The molecule has 1 N–H and O–H groups in total. The normalized spacial score (nSPS) is 19.3. The number of anilines is 1. The van der Waals surface area contributed by atoms with Gasteiger partial charge in [0, 0.05) is 19.0 Å². The van der Waals surface area contributed by atoms with Gasteiger partial charge >= 0.3 is 0 Å². The van der Waals surface area contributed by atoms with Gasteiger partial charge in [-0.05, 0) is 25.1 Å². The number of benzene rings is 1. The van der Waals surface area contributed by atoms with Crippen molar-refractivity contribution in [2.75, 3.05) is 25.0 Å². The minimum Gasteiger partial charge on any atom is -0.462 e. The number of amides is 1. The van der Waals surface area contributed by atoms with Gasteiger partial charge in [-0.15, -0.1) is 0 Å². The summed E-state index contributed by atoms with van der Waals surface area (Å²) in [6.45, 7) is 1.70. The average Bonchev–Trinajstić information content (AvgIpc) is 3.06. The molecular weight excluding hydrogens is 228 g/mol. The molecule has 4 nitrogen and oxygen atoms in total. The fraction of sp³-hybridized carbons (Fsp3) is 0.357. The number of nitrogens with one attached hydrogen (secondary N) is 1. The number of hydrogen-bond donors (Lipinski definition) is 1. The lowest BCUT2D eigenvalue weighted by atomic mass is 10.1. The van der Waals surface area contributed by atoms with Crippen molar-refractivity contribution in [3.8, 4) is 0 Å². The van der Waals surface area contributed by atoms with Crippen LogP contribution in [0.15, 0.2) is 34.9 Å². The number of hydrogen-bond acceptors (Lipinski definition) is 3. The Morgan fingerprint density at radius 1 is 1.44 bits per heavy atom. The molecule has 1 aromatic heterocycles. The number of rotatable bonds is 2. The number of furan rings is 1. The summed E-state index contributed by atoms with van der Waals surface area (Å²) in [7, 11) is 1.82. The molecule has 1 aliphatic heterocycles. The lowest BCUT2D eigenvalue weighted by Gasteiger charge is -2.19. The third-order valence-electron chi connectivity index (χ3n) is 3.56. The number of para-hydroxylation sites is 1. The monoisotopic (exact) mass is 244 g/mol. The Kier molecular flexibility index (Phi) is 2.80. The van der Waals surface area contributed by atoms with E-state index in [4.69, 9.17) is 4.42 Å². The largest absolute Gasteiger partial charge is 0.462 e. The van der Waals surface area contributed by atoms with Crippen LogP contribution in [0.4, 0.5) is 5.69 Å². The van der Waals surface area contributed by atoms with E-state index in [1.54, 1.807) is 11.2 Å². The smallest absolute Gasteiger partial charge is 0.231 e. The highest BCUT2D eigenvalue weighted by Gasteiger charge is 2.27. The van der Waals surface area contributed by atoms with Gasteiger partial charge in [-0.25, -0.2) is 0 Å². The minimum atomic E-state index is 0.0867. The molecule has 0 saturated carbocycles. The fourth-order valence-corrected chi connectivity index (χ4v) is 2.48. The van der Waals surface area contributed by atoms with E-state index >= 15 is 0 Å². The van der Waals surface area contributed by atoms with E-state index < -0.39 is 0 Å².